The van der Waals surface area contributed by atoms with Crippen molar-refractivity contribution in [3.05, 3.63) is 16.9 Å². The summed E-state index contributed by atoms with van der Waals surface area (Å²) in [6.45, 7) is 7.65. The molecule has 6 heteroatoms. The molecule has 0 radical (unpaired) electrons. The maximum Gasteiger partial charge on any atom is 0.250 e. The van der Waals surface area contributed by atoms with Crippen LogP contribution in [0.15, 0.2) is 17.1 Å². The molecule has 0 spiro atoms. The summed E-state index contributed by atoms with van der Waals surface area (Å²) in [5.74, 6) is 1.33. The predicted octanol–water partition coefficient (Wildman–Crippen LogP) is 2.58. The highest BCUT2D eigenvalue weighted by Gasteiger charge is 2.16. The second kappa shape index (κ2) is 5.52. The topological polar surface area (TPSA) is 52.8 Å². The molecular weight excluding hydrogens is 288 g/mol. The lowest BCUT2D eigenvalue weighted by atomic mass is 10.2. The van der Waals surface area contributed by atoms with Gasteiger partial charge in [-0.1, -0.05) is 25.2 Å². The molecule has 0 atom stereocenters. The van der Waals surface area contributed by atoms with Gasteiger partial charge >= 0.3 is 0 Å². The van der Waals surface area contributed by atoms with Gasteiger partial charge in [-0.25, -0.2) is 0 Å². The molecule has 2 aromatic rings. The van der Waals surface area contributed by atoms with Gasteiger partial charge in [-0.05, 0) is 6.92 Å². The lowest BCUT2D eigenvalue weighted by Crippen LogP contribution is -2.18. The minimum Gasteiger partial charge on any atom is -0.486 e. The van der Waals surface area contributed by atoms with Gasteiger partial charge in [0, 0.05) is 24.6 Å². The third kappa shape index (κ3) is 2.55. The molecule has 1 aromatic carbocycles. The van der Waals surface area contributed by atoms with Gasteiger partial charge in [0.05, 0.1) is 10.2 Å². The highest BCUT2D eigenvalue weighted by atomic mass is 32.1. The second-order valence-electron chi connectivity index (χ2n) is 5.20. The molecule has 2 heterocycles. The third-order valence-corrected chi connectivity index (χ3v) is 4.40. The minimum atomic E-state index is -0.0969. The van der Waals surface area contributed by atoms with E-state index in [9.17, 15) is 4.79 Å². The van der Waals surface area contributed by atoms with E-state index in [4.69, 9.17) is 9.47 Å². The Morgan fingerprint density at radius 3 is 2.62 bits per heavy atom. The zero-order valence-electron chi connectivity index (χ0n) is 12.4. The first kappa shape index (κ1) is 14.1. The highest BCUT2D eigenvalue weighted by Crippen LogP contribution is 2.35. The van der Waals surface area contributed by atoms with E-state index in [1.54, 1.807) is 0 Å². The van der Waals surface area contributed by atoms with Crippen LogP contribution in [0.25, 0.3) is 10.2 Å². The SMILES string of the molecule is CCn1c(=NC(=O)C(C)C)sc2cc3c(cc21)OCCO3. The molecule has 0 saturated heterocycles. The molecule has 112 valence electrons. The molecule has 1 aliphatic heterocycles. The number of hydrogen-bond acceptors (Lipinski definition) is 4. The fourth-order valence-electron chi connectivity index (χ4n) is 2.22. The van der Waals surface area contributed by atoms with Crippen molar-refractivity contribution in [1.29, 1.82) is 0 Å². The van der Waals surface area contributed by atoms with Crippen LogP contribution >= 0.6 is 11.3 Å². The Hall–Kier alpha value is -1.82. The molecule has 0 bridgehead atoms. The van der Waals surface area contributed by atoms with Crippen LogP contribution in [0.5, 0.6) is 11.5 Å². The number of aromatic nitrogens is 1. The Kier molecular flexibility index (Phi) is 3.71. The molecule has 1 amide bonds. The van der Waals surface area contributed by atoms with Crippen LogP contribution in [0.4, 0.5) is 0 Å². The van der Waals surface area contributed by atoms with Gasteiger partial charge in [0.15, 0.2) is 16.3 Å². The number of ether oxygens (including phenoxy) is 2. The zero-order valence-corrected chi connectivity index (χ0v) is 13.2. The monoisotopic (exact) mass is 306 g/mol. The quantitative estimate of drug-likeness (QED) is 0.857. The molecule has 0 saturated carbocycles. The Morgan fingerprint density at radius 1 is 1.33 bits per heavy atom. The fourth-order valence-corrected chi connectivity index (χ4v) is 3.33. The number of aryl methyl sites for hydroxylation is 1. The van der Waals surface area contributed by atoms with Crippen LogP contribution in [-0.2, 0) is 11.3 Å². The maximum atomic E-state index is 11.9. The van der Waals surface area contributed by atoms with Gasteiger partial charge in [-0.2, -0.15) is 4.99 Å². The van der Waals surface area contributed by atoms with Crippen molar-refractivity contribution in [2.75, 3.05) is 13.2 Å². The molecule has 1 aliphatic rings. The molecule has 21 heavy (non-hydrogen) atoms. The summed E-state index contributed by atoms with van der Waals surface area (Å²) in [5, 5.41) is 0. The van der Waals surface area contributed by atoms with E-state index in [1.807, 2.05) is 37.5 Å². The Bertz CT molecular complexity index is 758. The largest absolute Gasteiger partial charge is 0.486 e. The van der Waals surface area contributed by atoms with Crippen molar-refractivity contribution in [3.63, 3.8) is 0 Å². The van der Waals surface area contributed by atoms with Crippen LogP contribution in [0, 0.1) is 5.92 Å². The first-order chi connectivity index (χ1) is 10.1. The van der Waals surface area contributed by atoms with Crippen LogP contribution in [0.1, 0.15) is 20.8 Å². The Balaban J connectivity index is 2.20. The van der Waals surface area contributed by atoms with E-state index in [-0.39, 0.29) is 11.8 Å². The zero-order chi connectivity index (χ0) is 15.0. The van der Waals surface area contributed by atoms with E-state index in [0.717, 1.165) is 33.1 Å². The van der Waals surface area contributed by atoms with Gasteiger partial charge in [0.2, 0.25) is 0 Å². The number of rotatable bonds is 2. The third-order valence-electron chi connectivity index (χ3n) is 3.36. The first-order valence-corrected chi connectivity index (χ1v) is 7.93. The predicted molar refractivity (Wildman–Crippen MR) is 81.9 cm³/mol. The van der Waals surface area contributed by atoms with Crippen LogP contribution in [-0.4, -0.2) is 23.7 Å². The maximum absolute atomic E-state index is 11.9. The molecule has 0 unspecified atom stereocenters. The number of hydrogen-bond donors (Lipinski definition) is 0. The number of carbonyl (C=O) groups is 1. The van der Waals surface area contributed by atoms with Gasteiger partial charge in [-0.3, -0.25) is 4.79 Å². The number of carbonyl (C=O) groups excluding carboxylic acids is 1. The summed E-state index contributed by atoms with van der Waals surface area (Å²) in [6, 6.07) is 3.95. The van der Waals surface area contributed by atoms with Crippen molar-refractivity contribution in [2.24, 2.45) is 10.9 Å². The number of nitrogens with zero attached hydrogens (tertiary/aromatic N) is 2. The van der Waals surface area contributed by atoms with Crippen molar-refractivity contribution in [1.82, 2.24) is 4.57 Å². The molecule has 1 aromatic heterocycles. The van der Waals surface area contributed by atoms with Crippen molar-refractivity contribution >= 4 is 27.5 Å². The Morgan fingerprint density at radius 2 is 2.00 bits per heavy atom. The second-order valence-corrected chi connectivity index (χ2v) is 6.21. The normalized spacial score (nSPS) is 15.0. The minimum absolute atomic E-state index is 0.0963. The number of benzene rings is 1. The molecule has 0 aliphatic carbocycles. The smallest absolute Gasteiger partial charge is 0.250 e. The van der Waals surface area contributed by atoms with Gasteiger partial charge < -0.3 is 14.0 Å². The summed E-state index contributed by atoms with van der Waals surface area (Å²) < 4.78 is 14.3. The molecule has 3 rings (SSSR count). The van der Waals surface area contributed by atoms with E-state index in [0.29, 0.717) is 13.2 Å². The Labute approximate surface area is 126 Å². The standard InChI is InChI=1S/C15H18N2O3S/c1-4-17-10-7-11-12(20-6-5-19-11)8-13(10)21-15(17)16-14(18)9(2)3/h7-9H,4-6H2,1-3H3. The van der Waals surface area contributed by atoms with Crippen molar-refractivity contribution in [3.8, 4) is 11.5 Å². The van der Waals surface area contributed by atoms with E-state index < -0.39 is 0 Å². The van der Waals surface area contributed by atoms with E-state index >= 15 is 0 Å². The number of thiazole rings is 1. The number of amides is 1. The molecule has 5 nitrogen and oxygen atoms in total. The van der Waals surface area contributed by atoms with Crippen molar-refractivity contribution in [2.45, 2.75) is 27.3 Å². The van der Waals surface area contributed by atoms with Gasteiger partial charge in [0.1, 0.15) is 13.2 Å². The molecular formula is C15H18N2O3S. The van der Waals surface area contributed by atoms with Crippen LogP contribution in [0.2, 0.25) is 0 Å². The highest BCUT2D eigenvalue weighted by molar-refractivity contribution is 7.16. The van der Waals surface area contributed by atoms with E-state index in [2.05, 4.69) is 4.99 Å². The average Bonchev–Trinajstić information content (AvgIpc) is 2.80. The lowest BCUT2D eigenvalue weighted by molar-refractivity contribution is -0.120. The van der Waals surface area contributed by atoms with Gasteiger partial charge in [-0.15, -0.1) is 0 Å². The first-order valence-electron chi connectivity index (χ1n) is 7.11. The molecule has 0 N–H and O–H groups in total. The summed E-state index contributed by atoms with van der Waals surface area (Å²) in [6.07, 6.45) is 0. The fraction of sp³-hybridized carbons (Fsp3) is 0.467. The number of fused-ring (bicyclic) bond motifs is 2. The lowest BCUT2D eigenvalue weighted by Gasteiger charge is -2.18. The molecule has 0 fully saturated rings. The van der Waals surface area contributed by atoms with E-state index in [1.165, 1.54) is 11.3 Å². The summed E-state index contributed by atoms with van der Waals surface area (Å²) in [5.41, 5.74) is 1.03. The summed E-state index contributed by atoms with van der Waals surface area (Å²) in [4.78, 5) is 16.9. The van der Waals surface area contributed by atoms with Crippen LogP contribution in [0.3, 0.4) is 0 Å². The van der Waals surface area contributed by atoms with Gasteiger partial charge in [0.25, 0.3) is 5.91 Å². The summed E-state index contributed by atoms with van der Waals surface area (Å²) in [7, 11) is 0. The van der Waals surface area contributed by atoms with Crippen molar-refractivity contribution < 1.29 is 14.3 Å². The average molecular weight is 306 g/mol. The summed E-state index contributed by atoms with van der Waals surface area (Å²) >= 11 is 1.51. The van der Waals surface area contributed by atoms with Crippen LogP contribution < -0.4 is 14.3 Å².